The Bertz CT molecular complexity index is 780. The van der Waals surface area contributed by atoms with Gasteiger partial charge in [-0.1, -0.05) is 25.0 Å². The first-order valence-corrected chi connectivity index (χ1v) is 10.5. The summed E-state index contributed by atoms with van der Waals surface area (Å²) in [5, 5.41) is 0.959. The fourth-order valence-corrected chi connectivity index (χ4v) is 4.70. The number of methoxy groups -OCH3 is 1. The molecule has 27 heavy (non-hydrogen) atoms. The molecule has 2 heterocycles. The lowest BCUT2D eigenvalue weighted by Crippen LogP contribution is -2.50. The Balaban J connectivity index is 1.33. The van der Waals surface area contributed by atoms with Crippen molar-refractivity contribution in [2.75, 3.05) is 38.2 Å². The SMILES string of the molecule is COc1cccc(Cc2nsc(N3CCN(C(=O)C4CCCC4)CC3)n2)c1. The van der Waals surface area contributed by atoms with Gasteiger partial charge in [0.15, 0.2) is 0 Å². The van der Waals surface area contributed by atoms with Crippen LogP contribution in [-0.4, -0.2) is 53.5 Å². The van der Waals surface area contributed by atoms with Gasteiger partial charge >= 0.3 is 0 Å². The number of anilines is 1. The maximum absolute atomic E-state index is 12.6. The monoisotopic (exact) mass is 386 g/mol. The van der Waals surface area contributed by atoms with Crippen molar-refractivity contribution in [1.82, 2.24) is 14.3 Å². The van der Waals surface area contributed by atoms with E-state index in [2.05, 4.69) is 15.3 Å². The van der Waals surface area contributed by atoms with Crippen LogP contribution in [0, 0.1) is 5.92 Å². The number of aromatic nitrogens is 2. The van der Waals surface area contributed by atoms with Gasteiger partial charge in [-0.25, -0.2) is 4.98 Å². The van der Waals surface area contributed by atoms with E-state index in [1.165, 1.54) is 24.4 Å². The van der Waals surface area contributed by atoms with Crippen LogP contribution < -0.4 is 9.64 Å². The zero-order valence-electron chi connectivity index (χ0n) is 15.8. The van der Waals surface area contributed by atoms with Crippen molar-refractivity contribution < 1.29 is 9.53 Å². The molecule has 0 atom stereocenters. The van der Waals surface area contributed by atoms with Crippen molar-refractivity contribution in [2.45, 2.75) is 32.1 Å². The molecule has 0 radical (unpaired) electrons. The van der Waals surface area contributed by atoms with Gasteiger partial charge in [0.1, 0.15) is 11.6 Å². The van der Waals surface area contributed by atoms with Gasteiger partial charge in [0.2, 0.25) is 11.0 Å². The second-order valence-corrected chi connectivity index (χ2v) is 8.05. The number of carbonyl (C=O) groups excluding carboxylic acids is 1. The number of ether oxygens (including phenoxy) is 1. The number of hydrogen-bond donors (Lipinski definition) is 0. The Labute approximate surface area is 164 Å². The van der Waals surface area contributed by atoms with Gasteiger partial charge in [0.05, 0.1) is 7.11 Å². The predicted octanol–water partition coefficient (Wildman–Crippen LogP) is 2.98. The third kappa shape index (κ3) is 4.24. The van der Waals surface area contributed by atoms with Crippen LogP contribution >= 0.6 is 11.5 Å². The molecule has 0 bridgehead atoms. The Morgan fingerprint density at radius 2 is 2.00 bits per heavy atom. The van der Waals surface area contributed by atoms with E-state index >= 15 is 0 Å². The Kier molecular flexibility index (Phi) is 5.57. The summed E-state index contributed by atoms with van der Waals surface area (Å²) in [5.74, 6) is 2.33. The third-order valence-electron chi connectivity index (χ3n) is 5.52. The van der Waals surface area contributed by atoms with Gasteiger partial charge in [0.25, 0.3) is 0 Å². The van der Waals surface area contributed by atoms with Crippen LogP contribution in [0.15, 0.2) is 24.3 Å². The molecular formula is C20H26N4O2S. The molecule has 1 aliphatic carbocycles. The summed E-state index contributed by atoms with van der Waals surface area (Å²) >= 11 is 1.45. The van der Waals surface area contributed by atoms with Crippen molar-refractivity contribution in [1.29, 1.82) is 0 Å². The average Bonchev–Trinajstić information content (AvgIpc) is 3.40. The fourth-order valence-electron chi connectivity index (χ4n) is 3.96. The lowest BCUT2D eigenvalue weighted by Gasteiger charge is -2.35. The summed E-state index contributed by atoms with van der Waals surface area (Å²) in [6.07, 6.45) is 5.26. The molecular weight excluding hydrogens is 360 g/mol. The van der Waals surface area contributed by atoms with Crippen LogP contribution in [0.1, 0.15) is 37.1 Å². The summed E-state index contributed by atoms with van der Waals surface area (Å²) < 4.78 is 9.81. The molecule has 2 aromatic rings. The van der Waals surface area contributed by atoms with E-state index in [9.17, 15) is 4.79 Å². The summed E-state index contributed by atoms with van der Waals surface area (Å²) in [6.45, 7) is 3.26. The van der Waals surface area contributed by atoms with Crippen molar-refractivity contribution in [2.24, 2.45) is 5.92 Å². The molecule has 6 nitrogen and oxygen atoms in total. The number of carbonyl (C=O) groups is 1. The Morgan fingerprint density at radius 1 is 1.22 bits per heavy atom. The van der Waals surface area contributed by atoms with Crippen LogP contribution in [0.2, 0.25) is 0 Å². The molecule has 0 spiro atoms. The first-order chi connectivity index (χ1) is 13.2. The van der Waals surface area contributed by atoms with Crippen LogP contribution in [0.4, 0.5) is 5.13 Å². The highest BCUT2D eigenvalue weighted by molar-refractivity contribution is 7.09. The number of piperazine rings is 1. The Hall–Kier alpha value is -2.15. The molecule has 7 heteroatoms. The molecule has 1 aromatic carbocycles. The van der Waals surface area contributed by atoms with Crippen molar-refractivity contribution in [3.8, 4) is 5.75 Å². The number of nitrogens with zero attached hydrogens (tertiary/aromatic N) is 4. The second-order valence-electron chi connectivity index (χ2n) is 7.32. The van der Waals surface area contributed by atoms with Crippen molar-refractivity contribution >= 4 is 22.6 Å². The zero-order chi connectivity index (χ0) is 18.6. The van der Waals surface area contributed by atoms with Crippen LogP contribution in [0.3, 0.4) is 0 Å². The Morgan fingerprint density at radius 3 is 2.74 bits per heavy atom. The van der Waals surface area contributed by atoms with E-state index in [-0.39, 0.29) is 5.92 Å². The minimum Gasteiger partial charge on any atom is -0.497 e. The molecule has 4 rings (SSSR count). The van der Waals surface area contributed by atoms with E-state index in [4.69, 9.17) is 9.72 Å². The number of amides is 1. The van der Waals surface area contributed by atoms with E-state index in [0.29, 0.717) is 12.3 Å². The molecule has 1 saturated heterocycles. The van der Waals surface area contributed by atoms with Crippen LogP contribution in [-0.2, 0) is 11.2 Å². The number of hydrogen-bond acceptors (Lipinski definition) is 6. The maximum atomic E-state index is 12.6. The molecule has 144 valence electrons. The maximum Gasteiger partial charge on any atom is 0.225 e. The van der Waals surface area contributed by atoms with Gasteiger partial charge in [-0.15, -0.1) is 0 Å². The topological polar surface area (TPSA) is 58.6 Å². The number of rotatable bonds is 5. The van der Waals surface area contributed by atoms with E-state index in [0.717, 1.165) is 61.3 Å². The van der Waals surface area contributed by atoms with Crippen LogP contribution in [0.25, 0.3) is 0 Å². The highest BCUT2D eigenvalue weighted by Gasteiger charge is 2.30. The lowest BCUT2D eigenvalue weighted by molar-refractivity contribution is -0.135. The molecule has 0 N–H and O–H groups in total. The quantitative estimate of drug-likeness (QED) is 0.791. The van der Waals surface area contributed by atoms with Gasteiger partial charge in [-0.05, 0) is 30.5 Å². The smallest absolute Gasteiger partial charge is 0.225 e. The first kappa shape index (κ1) is 18.2. The highest BCUT2D eigenvalue weighted by atomic mass is 32.1. The first-order valence-electron chi connectivity index (χ1n) is 9.72. The van der Waals surface area contributed by atoms with Crippen molar-refractivity contribution in [3.05, 3.63) is 35.7 Å². The van der Waals surface area contributed by atoms with Crippen molar-refractivity contribution in [3.63, 3.8) is 0 Å². The van der Waals surface area contributed by atoms with Gasteiger partial charge < -0.3 is 14.5 Å². The minimum atomic E-state index is 0.271. The lowest BCUT2D eigenvalue weighted by atomic mass is 10.1. The molecule has 1 aromatic heterocycles. The largest absolute Gasteiger partial charge is 0.497 e. The zero-order valence-corrected chi connectivity index (χ0v) is 16.6. The van der Waals surface area contributed by atoms with Gasteiger partial charge in [0, 0.05) is 50.1 Å². The molecule has 1 saturated carbocycles. The van der Waals surface area contributed by atoms with E-state index in [1.54, 1.807) is 7.11 Å². The highest BCUT2D eigenvalue weighted by Crippen LogP contribution is 2.28. The average molecular weight is 387 g/mol. The molecule has 1 aliphatic heterocycles. The van der Waals surface area contributed by atoms with Gasteiger partial charge in [-0.3, -0.25) is 4.79 Å². The second kappa shape index (κ2) is 8.25. The predicted molar refractivity (Wildman–Crippen MR) is 106 cm³/mol. The summed E-state index contributed by atoms with van der Waals surface area (Å²) in [5.41, 5.74) is 1.14. The number of benzene rings is 1. The standard InChI is InChI=1S/C20H26N4O2S/c1-26-17-8-4-5-15(13-17)14-18-21-20(27-22-18)24-11-9-23(10-12-24)19(25)16-6-2-3-7-16/h4-5,8,13,16H,2-3,6-7,9-12,14H2,1H3. The summed E-state index contributed by atoms with van der Waals surface area (Å²) in [6, 6.07) is 8.02. The molecule has 1 amide bonds. The molecule has 0 unspecified atom stereocenters. The summed E-state index contributed by atoms with van der Waals surface area (Å²) in [4.78, 5) is 21.6. The minimum absolute atomic E-state index is 0.271. The van der Waals surface area contributed by atoms with Gasteiger partial charge in [-0.2, -0.15) is 4.37 Å². The van der Waals surface area contributed by atoms with Crippen LogP contribution in [0.5, 0.6) is 5.75 Å². The fraction of sp³-hybridized carbons (Fsp3) is 0.550. The normalized spacial score (nSPS) is 18.1. The summed E-state index contributed by atoms with van der Waals surface area (Å²) in [7, 11) is 1.68. The molecule has 2 fully saturated rings. The molecule has 2 aliphatic rings. The van der Waals surface area contributed by atoms with E-state index in [1.807, 2.05) is 23.1 Å². The third-order valence-corrected chi connectivity index (χ3v) is 6.33. The van der Waals surface area contributed by atoms with E-state index < -0.39 is 0 Å².